The summed E-state index contributed by atoms with van der Waals surface area (Å²) in [5.74, 6) is 0. The number of rotatable bonds is 8. The van der Waals surface area contributed by atoms with Crippen LogP contribution in [0.5, 0.6) is 0 Å². The van der Waals surface area contributed by atoms with E-state index in [0.717, 1.165) is 6.42 Å². The largest absolute Gasteiger partial charge is 0.393 e. The van der Waals surface area contributed by atoms with Crippen LogP contribution in [0.4, 0.5) is 0 Å². The fourth-order valence-corrected chi connectivity index (χ4v) is 4.15. The Labute approximate surface area is 187 Å². The third-order valence-corrected chi connectivity index (χ3v) is 6.61. The van der Waals surface area contributed by atoms with Crippen molar-refractivity contribution in [3.05, 3.63) is 12.7 Å². The summed E-state index contributed by atoms with van der Waals surface area (Å²) in [7, 11) is 0. The van der Waals surface area contributed by atoms with E-state index in [9.17, 15) is 30.6 Å². The molecule has 32 heavy (non-hydrogen) atoms. The van der Waals surface area contributed by atoms with E-state index in [4.69, 9.17) is 23.7 Å². The van der Waals surface area contributed by atoms with E-state index in [1.54, 1.807) is 19.9 Å². The van der Waals surface area contributed by atoms with Crippen molar-refractivity contribution >= 4 is 0 Å². The standard InChI is InChI=1S/C21H36O11/c1-5-20(4)7-6-12(31-20)19(2,3)32-17-15(25)14(24)13(23)11(30-17)8-28-18-16(26)21(27,9-22)10-29-18/h5,11-18,22-27H,1,6-10H2,2-4H3. The highest BCUT2D eigenvalue weighted by molar-refractivity contribution is 5.02. The second-order valence-corrected chi connectivity index (χ2v) is 9.62. The van der Waals surface area contributed by atoms with E-state index in [0.29, 0.717) is 6.42 Å². The molecule has 3 heterocycles. The van der Waals surface area contributed by atoms with Crippen molar-refractivity contribution in [2.45, 2.75) is 99.6 Å². The van der Waals surface area contributed by atoms with Gasteiger partial charge in [0, 0.05) is 0 Å². The van der Waals surface area contributed by atoms with Gasteiger partial charge in [0.15, 0.2) is 12.6 Å². The summed E-state index contributed by atoms with van der Waals surface area (Å²) in [5.41, 5.74) is -3.24. The lowest BCUT2D eigenvalue weighted by Crippen LogP contribution is -2.61. The number of ether oxygens (including phenoxy) is 5. The third-order valence-electron chi connectivity index (χ3n) is 6.61. The molecule has 6 N–H and O–H groups in total. The van der Waals surface area contributed by atoms with Gasteiger partial charge in [0.05, 0.1) is 37.1 Å². The first kappa shape index (κ1) is 25.9. The number of hydrogen-bond donors (Lipinski definition) is 6. The highest BCUT2D eigenvalue weighted by Gasteiger charge is 2.51. The van der Waals surface area contributed by atoms with E-state index in [2.05, 4.69) is 6.58 Å². The highest BCUT2D eigenvalue weighted by Crippen LogP contribution is 2.39. The molecule has 0 saturated carbocycles. The summed E-state index contributed by atoms with van der Waals surface area (Å²) >= 11 is 0. The normalized spacial score (nSPS) is 47.7. The van der Waals surface area contributed by atoms with Crippen LogP contribution in [-0.2, 0) is 23.7 Å². The monoisotopic (exact) mass is 464 g/mol. The lowest BCUT2D eigenvalue weighted by Gasteiger charge is -2.44. The lowest BCUT2D eigenvalue weighted by molar-refractivity contribution is -0.338. The molecule has 0 amide bonds. The molecular formula is C21H36O11. The van der Waals surface area contributed by atoms with E-state index in [-0.39, 0.29) is 19.3 Å². The Morgan fingerprint density at radius 1 is 1.12 bits per heavy atom. The molecule has 0 radical (unpaired) electrons. The zero-order valence-electron chi connectivity index (χ0n) is 18.7. The molecule has 11 heteroatoms. The molecule has 0 aromatic carbocycles. The second kappa shape index (κ2) is 9.51. The van der Waals surface area contributed by atoms with Crippen molar-refractivity contribution in [2.24, 2.45) is 0 Å². The Morgan fingerprint density at radius 3 is 2.38 bits per heavy atom. The SMILES string of the molecule is C=CC1(C)CCC(C(C)(C)OC2OC(COC3OCC(O)(CO)C3O)C(O)C(O)C2O)O1. The molecule has 0 aliphatic carbocycles. The van der Waals surface area contributed by atoms with E-state index < -0.39 is 66.5 Å². The van der Waals surface area contributed by atoms with Crippen LogP contribution in [0, 0.1) is 0 Å². The molecule has 0 aromatic heterocycles. The van der Waals surface area contributed by atoms with Gasteiger partial charge in [-0.05, 0) is 33.6 Å². The minimum Gasteiger partial charge on any atom is -0.393 e. The van der Waals surface area contributed by atoms with E-state index in [1.807, 2.05) is 6.92 Å². The molecule has 11 nitrogen and oxygen atoms in total. The van der Waals surface area contributed by atoms with Gasteiger partial charge in [0.25, 0.3) is 0 Å². The molecule has 10 unspecified atom stereocenters. The van der Waals surface area contributed by atoms with Crippen LogP contribution in [0.25, 0.3) is 0 Å². The quantitative estimate of drug-likeness (QED) is 0.224. The maximum absolute atomic E-state index is 10.4. The number of aliphatic hydroxyl groups excluding tert-OH is 5. The fraction of sp³-hybridized carbons (Fsp3) is 0.905. The maximum atomic E-state index is 10.4. The van der Waals surface area contributed by atoms with Crippen LogP contribution >= 0.6 is 0 Å². The summed E-state index contributed by atoms with van der Waals surface area (Å²) < 4.78 is 28.3. The maximum Gasteiger partial charge on any atom is 0.187 e. The average Bonchev–Trinajstić information content (AvgIpc) is 3.30. The van der Waals surface area contributed by atoms with Gasteiger partial charge in [-0.25, -0.2) is 0 Å². The van der Waals surface area contributed by atoms with Gasteiger partial charge in [-0.15, -0.1) is 6.58 Å². The summed E-state index contributed by atoms with van der Waals surface area (Å²) in [5, 5.41) is 60.4. The molecule has 3 aliphatic rings. The lowest BCUT2D eigenvalue weighted by atomic mass is 9.95. The second-order valence-electron chi connectivity index (χ2n) is 9.62. The first-order valence-electron chi connectivity index (χ1n) is 10.8. The Kier molecular flexibility index (Phi) is 7.70. The number of aliphatic hydroxyl groups is 6. The smallest absolute Gasteiger partial charge is 0.187 e. The molecule has 10 atom stereocenters. The van der Waals surface area contributed by atoms with Gasteiger partial charge >= 0.3 is 0 Å². The molecule has 0 aromatic rings. The summed E-state index contributed by atoms with van der Waals surface area (Å²) in [4.78, 5) is 0. The van der Waals surface area contributed by atoms with Crippen molar-refractivity contribution in [1.29, 1.82) is 0 Å². The minimum atomic E-state index is -1.86. The van der Waals surface area contributed by atoms with Crippen LogP contribution in [0.3, 0.4) is 0 Å². The van der Waals surface area contributed by atoms with Gasteiger partial charge in [-0.2, -0.15) is 0 Å². The van der Waals surface area contributed by atoms with Gasteiger partial charge in [0.2, 0.25) is 0 Å². The fourth-order valence-electron chi connectivity index (χ4n) is 4.15. The molecule has 3 fully saturated rings. The predicted molar refractivity (Wildman–Crippen MR) is 108 cm³/mol. The Bertz CT molecular complexity index is 660. The van der Waals surface area contributed by atoms with E-state index >= 15 is 0 Å². The first-order valence-corrected chi connectivity index (χ1v) is 10.8. The van der Waals surface area contributed by atoms with Crippen molar-refractivity contribution in [3.8, 4) is 0 Å². The number of hydrogen-bond acceptors (Lipinski definition) is 11. The summed E-state index contributed by atoms with van der Waals surface area (Å²) in [6.45, 7) is 7.88. The van der Waals surface area contributed by atoms with Crippen molar-refractivity contribution < 1.29 is 54.3 Å². The molecule has 0 bridgehead atoms. The summed E-state index contributed by atoms with van der Waals surface area (Å²) in [6.07, 6.45) is -6.96. The molecule has 186 valence electrons. The van der Waals surface area contributed by atoms with Gasteiger partial charge in [-0.1, -0.05) is 6.08 Å². The van der Waals surface area contributed by atoms with Crippen LogP contribution in [0.2, 0.25) is 0 Å². The van der Waals surface area contributed by atoms with Crippen LogP contribution in [-0.4, -0.2) is 116 Å². The molecule has 3 aliphatic heterocycles. The van der Waals surface area contributed by atoms with Crippen LogP contribution in [0.15, 0.2) is 12.7 Å². The zero-order chi connectivity index (χ0) is 23.9. The molecular weight excluding hydrogens is 428 g/mol. The van der Waals surface area contributed by atoms with Crippen molar-refractivity contribution in [2.75, 3.05) is 19.8 Å². The van der Waals surface area contributed by atoms with Crippen LogP contribution < -0.4 is 0 Å². The Hall–Kier alpha value is -0.700. The van der Waals surface area contributed by atoms with Gasteiger partial charge < -0.3 is 54.3 Å². The van der Waals surface area contributed by atoms with Crippen molar-refractivity contribution in [3.63, 3.8) is 0 Å². The van der Waals surface area contributed by atoms with Gasteiger partial charge in [0.1, 0.15) is 36.1 Å². The Morgan fingerprint density at radius 2 is 1.81 bits per heavy atom. The highest BCUT2D eigenvalue weighted by atomic mass is 16.7. The first-order chi connectivity index (χ1) is 14.9. The Balaban J connectivity index is 1.62. The molecule has 0 spiro atoms. The van der Waals surface area contributed by atoms with Crippen LogP contribution in [0.1, 0.15) is 33.6 Å². The zero-order valence-corrected chi connectivity index (χ0v) is 18.7. The van der Waals surface area contributed by atoms with Crippen molar-refractivity contribution in [1.82, 2.24) is 0 Å². The topological polar surface area (TPSA) is 168 Å². The van der Waals surface area contributed by atoms with Gasteiger partial charge in [-0.3, -0.25) is 0 Å². The minimum absolute atomic E-state index is 0.321. The average molecular weight is 465 g/mol. The molecule has 3 saturated heterocycles. The predicted octanol–water partition coefficient (Wildman–Crippen LogP) is -1.83. The third kappa shape index (κ3) is 5.03. The molecule has 3 rings (SSSR count). The summed E-state index contributed by atoms with van der Waals surface area (Å²) in [6, 6.07) is 0. The van der Waals surface area contributed by atoms with E-state index in [1.165, 1.54) is 0 Å².